The molecule has 0 bridgehead atoms. The minimum Gasteiger partial charge on any atom is -0.394 e. The van der Waals surface area contributed by atoms with Gasteiger partial charge in [-0.2, -0.15) is 13.2 Å². The molecule has 1 aliphatic heterocycles. The van der Waals surface area contributed by atoms with Crippen molar-refractivity contribution in [3.8, 4) is 0 Å². The molecule has 0 saturated carbocycles. The molecule has 2 rings (SSSR count). The van der Waals surface area contributed by atoms with Gasteiger partial charge >= 0.3 is 6.18 Å². The number of aliphatic hydroxyl groups is 1. The number of allylic oxidation sites excluding steroid dienone is 1. The standard InChI is InChI=1S/C22H29F3N6O2/c1-13(12-32)29-19-8-9-31(14(2)33)11-18(19)21(27)30-16-6-4-15(5-7-16)17(10-28-3)20(26)22(23,24)25/h4-7,10,13,26,28-29,32H,8-9,11-12H2,1-3H3,(H2,27,30)/b17-10-,26-20?. The van der Waals surface area contributed by atoms with Gasteiger partial charge in [0, 0.05) is 61.7 Å². The maximum absolute atomic E-state index is 13.0. The average molecular weight is 467 g/mol. The van der Waals surface area contributed by atoms with E-state index in [1.165, 1.54) is 38.2 Å². The first-order chi connectivity index (χ1) is 15.5. The smallest absolute Gasteiger partial charge is 0.394 e. The van der Waals surface area contributed by atoms with Crippen LogP contribution in [0.4, 0.5) is 18.9 Å². The van der Waals surface area contributed by atoms with Crippen LogP contribution in [0, 0.1) is 10.8 Å². The largest absolute Gasteiger partial charge is 0.433 e. The fourth-order valence-electron chi connectivity index (χ4n) is 3.31. The Kier molecular flexibility index (Phi) is 8.63. The Bertz CT molecular complexity index is 954. The number of hydrogen-bond donors (Lipinski definition) is 6. The van der Waals surface area contributed by atoms with E-state index in [-0.39, 0.29) is 42.1 Å². The van der Waals surface area contributed by atoms with Crippen LogP contribution >= 0.6 is 0 Å². The molecule has 0 spiro atoms. The molecule has 1 heterocycles. The van der Waals surface area contributed by atoms with E-state index in [1.807, 2.05) is 0 Å². The van der Waals surface area contributed by atoms with Crippen molar-refractivity contribution >= 4 is 28.7 Å². The highest BCUT2D eigenvalue weighted by Gasteiger charge is 2.37. The first kappa shape index (κ1) is 25.9. The summed E-state index contributed by atoms with van der Waals surface area (Å²) >= 11 is 0. The number of carbonyl (C=O) groups excluding carboxylic acids is 1. The van der Waals surface area contributed by atoms with E-state index >= 15 is 0 Å². The number of aliphatic hydroxyl groups excluding tert-OH is 1. The lowest BCUT2D eigenvalue weighted by Gasteiger charge is -2.32. The van der Waals surface area contributed by atoms with Crippen molar-refractivity contribution in [2.45, 2.75) is 32.5 Å². The molecule has 8 nitrogen and oxygen atoms in total. The Hall–Kier alpha value is -3.34. The van der Waals surface area contributed by atoms with Gasteiger partial charge in [-0.1, -0.05) is 12.1 Å². The van der Waals surface area contributed by atoms with Crippen molar-refractivity contribution in [3.05, 3.63) is 47.3 Å². The molecule has 0 aromatic heterocycles. The molecule has 33 heavy (non-hydrogen) atoms. The minimum atomic E-state index is -4.78. The number of carbonyl (C=O) groups is 1. The quantitative estimate of drug-likeness (QED) is 0.260. The van der Waals surface area contributed by atoms with Crippen LogP contribution < -0.4 is 16.0 Å². The third-order valence-electron chi connectivity index (χ3n) is 5.09. The van der Waals surface area contributed by atoms with Crippen LogP contribution in [-0.4, -0.2) is 66.4 Å². The number of benzene rings is 1. The molecule has 1 aromatic rings. The summed E-state index contributed by atoms with van der Waals surface area (Å²) in [6, 6.07) is 5.68. The molecule has 11 heteroatoms. The predicted molar refractivity (Wildman–Crippen MR) is 122 cm³/mol. The number of rotatable bonds is 8. The molecular weight excluding hydrogens is 437 g/mol. The van der Waals surface area contributed by atoms with Crippen LogP contribution in [0.5, 0.6) is 0 Å². The predicted octanol–water partition coefficient (Wildman–Crippen LogP) is 2.69. The minimum absolute atomic E-state index is 0.0374. The van der Waals surface area contributed by atoms with Crippen molar-refractivity contribution in [1.29, 1.82) is 10.8 Å². The number of alkyl halides is 3. The van der Waals surface area contributed by atoms with Gasteiger partial charge in [-0.3, -0.25) is 15.6 Å². The fraction of sp³-hybridized carbons (Fsp3) is 0.409. The zero-order valence-corrected chi connectivity index (χ0v) is 18.7. The molecule has 1 aliphatic rings. The molecule has 1 unspecified atom stereocenters. The van der Waals surface area contributed by atoms with Crippen molar-refractivity contribution in [2.24, 2.45) is 0 Å². The number of amidine groups is 1. The van der Waals surface area contributed by atoms with Crippen molar-refractivity contribution in [3.63, 3.8) is 0 Å². The fourth-order valence-corrected chi connectivity index (χ4v) is 3.31. The topological polar surface area (TPSA) is 124 Å². The Labute approximate surface area is 190 Å². The van der Waals surface area contributed by atoms with Gasteiger partial charge < -0.3 is 26.0 Å². The van der Waals surface area contributed by atoms with Gasteiger partial charge in [-0.05, 0) is 24.6 Å². The molecule has 0 saturated heterocycles. The molecule has 180 valence electrons. The summed E-state index contributed by atoms with van der Waals surface area (Å²) in [7, 11) is 1.45. The zero-order chi connectivity index (χ0) is 24.8. The Morgan fingerprint density at radius 3 is 2.42 bits per heavy atom. The molecule has 6 N–H and O–H groups in total. The maximum atomic E-state index is 13.0. The summed E-state index contributed by atoms with van der Waals surface area (Å²) in [4.78, 5) is 13.4. The van der Waals surface area contributed by atoms with Gasteiger partial charge in [0.15, 0.2) is 0 Å². The first-order valence-electron chi connectivity index (χ1n) is 10.3. The summed E-state index contributed by atoms with van der Waals surface area (Å²) < 4.78 is 39.1. The van der Waals surface area contributed by atoms with Gasteiger partial charge in [0.25, 0.3) is 0 Å². The van der Waals surface area contributed by atoms with E-state index in [2.05, 4.69) is 16.0 Å². The second-order valence-corrected chi connectivity index (χ2v) is 7.67. The number of nitrogens with one attached hydrogen (secondary N) is 5. The monoisotopic (exact) mass is 466 g/mol. The maximum Gasteiger partial charge on any atom is 0.433 e. The lowest BCUT2D eigenvalue weighted by atomic mass is 10.0. The summed E-state index contributed by atoms with van der Waals surface area (Å²) in [5.41, 5.74) is 0.214. The van der Waals surface area contributed by atoms with Crippen molar-refractivity contribution in [1.82, 2.24) is 15.5 Å². The SMILES string of the molecule is CN/C=C(\C(=N)C(F)(F)F)c1ccc(NC(=N)C2=C(NC(C)CO)CCN(C(C)=O)C2)cc1. The first-order valence-corrected chi connectivity index (χ1v) is 10.3. The lowest BCUT2D eigenvalue weighted by molar-refractivity contribution is -0.128. The highest BCUT2D eigenvalue weighted by Crippen LogP contribution is 2.28. The van der Waals surface area contributed by atoms with Gasteiger partial charge in [0.05, 0.1) is 13.2 Å². The average Bonchev–Trinajstić information content (AvgIpc) is 2.77. The van der Waals surface area contributed by atoms with E-state index in [0.29, 0.717) is 24.2 Å². The molecule has 0 fully saturated rings. The van der Waals surface area contributed by atoms with Crippen LogP contribution in [0.15, 0.2) is 41.7 Å². The van der Waals surface area contributed by atoms with E-state index in [0.717, 1.165) is 11.9 Å². The third-order valence-corrected chi connectivity index (χ3v) is 5.09. The van der Waals surface area contributed by atoms with E-state index in [4.69, 9.17) is 10.8 Å². The van der Waals surface area contributed by atoms with E-state index < -0.39 is 11.9 Å². The third kappa shape index (κ3) is 6.82. The number of halogens is 3. The molecule has 0 radical (unpaired) electrons. The summed E-state index contributed by atoms with van der Waals surface area (Å²) in [6.45, 7) is 3.87. The summed E-state index contributed by atoms with van der Waals surface area (Å²) in [5, 5.41) is 33.9. The number of hydrogen-bond acceptors (Lipinski definition) is 6. The Morgan fingerprint density at radius 1 is 1.27 bits per heavy atom. The number of amides is 1. The number of nitrogens with zero attached hydrogens (tertiary/aromatic N) is 1. The highest BCUT2D eigenvalue weighted by molar-refractivity contribution is 6.24. The molecule has 1 aromatic carbocycles. The molecular formula is C22H29F3N6O2. The van der Waals surface area contributed by atoms with Crippen LogP contribution in [-0.2, 0) is 4.79 Å². The summed E-state index contributed by atoms with van der Waals surface area (Å²) in [6.07, 6.45) is -3.17. The van der Waals surface area contributed by atoms with Crippen LogP contribution in [0.3, 0.4) is 0 Å². The van der Waals surface area contributed by atoms with E-state index in [1.54, 1.807) is 11.8 Å². The Balaban J connectivity index is 2.26. The Morgan fingerprint density at radius 2 is 1.91 bits per heavy atom. The van der Waals surface area contributed by atoms with Crippen LogP contribution in [0.1, 0.15) is 25.8 Å². The van der Waals surface area contributed by atoms with Crippen molar-refractivity contribution < 1.29 is 23.1 Å². The number of anilines is 1. The van der Waals surface area contributed by atoms with E-state index in [9.17, 15) is 23.1 Å². The zero-order valence-electron chi connectivity index (χ0n) is 18.7. The molecule has 1 amide bonds. The van der Waals surface area contributed by atoms with Gasteiger partial charge in [-0.15, -0.1) is 0 Å². The van der Waals surface area contributed by atoms with Crippen LogP contribution in [0.2, 0.25) is 0 Å². The van der Waals surface area contributed by atoms with Gasteiger partial charge in [-0.25, -0.2) is 0 Å². The molecule has 1 atom stereocenters. The highest BCUT2D eigenvalue weighted by atomic mass is 19.4. The normalized spacial score (nSPS) is 15.7. The second kappa shape index (κ2) is 11.0. The lowest BCUT2D eigenvalue weighted by Crippen LogP contribution is -2.42. The van der Waals surface area contributed by atoms with Gasteiger partial charge in [0.1, 0.15) is 11.5 Å². The van der Waals surface area contributed by atoms with Crippen molar-refractivity contribution in [2.75, 3.05) is 32.1 Å². The second-order valence-electron chi connectivity index (χ2n) is 7.67. The van der Waals surface area contributed by atoms with Gasteiger partial charge in [0.2, 0.25) is 5.91 Å². The summed E-state index contributed by atoms with van der Waals surface area (Å²) in [5.74, 6) is -0.0785. The molecule has 0 aliphatic carbocycles. The van der Waals surface area contributed by atoms with Crippen LogP contribution in [0.25, 0.3) is 5.57 Å².